The Kier molecular flexibility index (Phi) is 13.0. The number of aliphatic hydroxyl groups excluding tert-OH is 1. The fraction of sp³-hybridized carbons (Fsp3) is 0.472. The van der Waals surface area contributed by atoms with Crippen molar-refractivity contribution in [2.45, 2.75) is 97.3 Å². The molecule has 4 N–H and O–H groups in total. The van der Waals surface area contributed by atoms with E-state index in [4.69, 9.17) is 9.16 Å². The minimum absolute atomic E-state index is 0.0168. The Morgan fingerprint density at radius 1 is 0.977 bits per heavy atom. The topological polar surface area (TPSA) is 100 Å². The van der Waals surface area contributed by atoms with Gasteiger partial charge in [-0.3, -0.25) is 4.79 Å². The lowest BCUT2D eigenvalue weighted by atomic mass is 10.0. The van der Waals surface area contributed by atoms with Crippen molar-refractivity contribution in [1.29, 1.82) is 0 Å². The molecule has 240 valence electrons. The zero-order valence-corrected chi connectivity index (χ0v) is 28.6. The third-order valence-corrected chi connectivity index (χ3v) is 12.9. The molecule has 0 saturated carbocycles. The van der Waals surface area contributed by atoms with Crippen LogP contribution in [0, 0.1) is 0 Å². The van der Waals surface area contributed by atoms with Gasteiger partial charge in [0.1, 0.15) is 11.5 Å². The molecule has 44 heavy (non-hydrogen) atoms. The van der Waals surface area contributed by atoms with E-state index in [0.717, 1.165) is 28.9 Å². The van der Waals surface area contributed by atoms with Gasteiger partial charge in [0.05, 0.1) is 19.3 Å². The molecule has 0 fully saturated rings. The highest BCUT2D eigenvalue weighted by molar-refractivity contribution is 6.74. The van der Waals surface area contributed by atoms with Crippen LogP contribution in [-0.2, 0) is 35.2 Å². The first-order valence-corrected chi connectivity index (χ1v) is 18.6. The zero-order valence-electron chi connectivity index (χ0n) is 27.6. The molecule has 0 aliphatic carbocycles. The van der Waals surface area contributed by atoms with E-state index >= 15 is 0 Å². The van der Waals surface area contributed by atoms with Crippen molar-refractivity contribution in [2.75, 3.05) is 13.2 Å². The van der Waals surface area contributed by atoms with Crippen LogP contribution in [0.2, 0.25) is 18.1 Å². The smallest absolute Gasteiger partial charge is 0.220 e. The molecule has 0 aromatic heterocycles. The van der Waals surface area contributed by atoms with Crippen LogP contribution >= 0.6 is 0 Å². The van der Waals surface area contributed by atoms with E-state index in [-0.39, 0.29) is 35.4 Å². The Hall–Kier alpha value is -3.17. The summed E-state index contributed by atoms with van der Waals surface area (Å²) in [5, 5.41) is 26.6. The van der Waals surface area contributed by atoms with Gasteiger partial charge >= 0.3 is 0 Å². The van der Waals surface area contributed by atoms with Crippen molar-refractivity contribution >= 4 is 14.2 Å². The first-order chi connectivity index (χ1) is 20.8. The fourth-order valence-corrected chi connectivity index (χ4v) is 6.11. The molecule has 0 aliphatic rings. The summed E-state index contributed by atoms with van der Waals surface area (Å²) in [6.45, 7) is 16.7. The molecule has 2 atom stereocenters. The quantitative estimate of drug-likeness (QED) is 0.131. The summed E-state index contributed by atoms with van der Waals surface area (Å²) in [5.41, 5.74) is 4.77. The van der Waals surface area contributed by atoms with Gasteiger partial charge in [0.25, 0.3) is 0 Å². The normalized spacial score (nSPS) is 13.4. The van der Waals surface area contributed by atoms with Crippen molar-refractivity contribution in [3.8, 4) is 11.5 Å². The number of phenols is 1. The molecule has 3 aromatic rings. The maximum atomic E-state index is 12.6. The third-order valence-electron chi connectivity index (χ3n) is 8.46. The second-order valence-electron chi connectivity index (χ2n) is 13.1. The number of hydrogen-bond donors (Lipinski definition) is 4. The standard InChI is InChI=1S/C36H52N2O5Si/c1-8-42-33-15-10-9-14-30(33)23-38-35(41)19-16-27-12-11-13-28(21-27)20-26(2)37-24-34(43-44(6,7)36(3,4)5)29-17-18-32(40)31(22-29)25-39/h9-15,17-18,21-22,26,34,37,39-40H,8,16,19-20,23-25H2,1-7H3,(H,38,41)/t26-,34+/m1/s1. The summed E-state index contributed by atoms with van der Waals surface area (Å²) in [5.74, 6) is 0.914. The predicted octanol–water partition coefficient (Wildman–Crippen LogP) is 6.82. The molecular weight excluding hydrogens is 568 g/mol. The average molecular weight is 621 g/mol. The largest absolute Gasteiger partial charge is 0.508 e. The van der Waals surface area contributed by atoms with E-state index in [0.29, 0.717) is 38.1 Å². The zero-order chi connectivity index (χ0) is 32.3. The summed E-state index contributed by atoms with van der Waals surface area (Å²) in [6.07, 6.45) is 1.71. The summed E-state index contributed by atoms with van der Waals surface area (Å²) in [6, 6.07) is 21.8. The molecule has 0 saturated heterocycles. The van der Waals surface area contributed by atoms with Gasteiger partial charge in [-0.25, -0.2) is 0 Å². The van der Waals surface area contributed by atoms with Gasteiger partial charge in [-0.1, -0.05) is 69.3 Å². The molecule has 8 heteroatoms. The first-order valence-electron chi connectivity index (χ1n) is 15.7. The highest BCUT2D eigenvalue weighted by Gasteiger charge is 2.39. The minimum Gasteiger partial charge on any atom is -0.508 e. The van der Waals surface area contributed by atoms with Crippen LogP contribution in [0.1, 0.15) is 75.0 Å². The number of aromatic hydroxyl groups is 1. The van der Waals surface area contributed by atoms with Crippen molar-refractivity contribution in [3.05, 3.63) is 94.5 Å². The van der Waals surface area contributed by atoms with Crippen molar-refractivity contribution < 1.29 is 24.2 Å². The number of ether oxygens (including phenoxy) is 1. The van der Waals surface area contributed by atoms with E-state index in [1.165, 1.54) is 5.56 Å². The van der Waals surface area contributed by atoms with Crippen molar-refractivity contribution in [2.24, 2.45) is 0 Å². The molecule has 0 spiro atoms. The first kappa shape index (κ1) is 35.3. The van der Waals surface area contributed by atoms with Crippen molar-refractivity contribution in [1.82, 2.24) is 10.6 Å². The predicted molar refractivity (Wildman–Crippen MR) is 180 cm³/mol. The number of carbonyl (C=O) groups excluding carboxylic acids is 1. The Bertz CT molecular complexity index is 1350. The molecule has 0 unspecified atom stereocenters. The lowest BCUT2D eigenvalue weighted by Gasteiger charge is -2.40. The molecule has 0 radical (unpaired) electrons. The van der Waals surface area contributed by atoms with E-state index < -0.39 is 8.32 Å². The van der Waals surface area contributed by atoms with E-state index in [2.05, 4.69) is 75.7 Å². The summed E-state index contributed by atoms with van der Waals surface area (Å²) in [7, 11) is -2.10. The lowest BCUT2D eigenvalue weighted by Crippen LogP contribution is -2.44. The monoisotopic (exact) mass is 620 g/mol. The SMILES string of the molecule is CCOc1ccccc1CNC(=O)CCc1cccc(C[C@@H](C)NC[C@H](O[Si](C)(C)C(C)(C)C)c2ccc(O)c(CO)c2)c1. The Balaban J connectivity index is 1.58. The number of amides is 1. The summed E-state index contributed by atoms with van der Waals surface area (Å²) >= 11 is 0. The molecule has 7 nitrogen and oxygen atoms in total. The number of aryl methyl sites for hydroxylation is 1. The van der Waals surface area contributed by atoms with Crippen molar-refractivity contribution in [3.63, 3.8) is 0 Å². The Labute approximate surface area is 265 Å². The minimum atomic E-state index is -2.10. The van der Waals surface area contributed by atoms with Gasteiger partial charge in [-0.15, -0.1) is 0 Å². The van der Waals surface area contributed by atoms with E-state index in [1.54, 1.807) is 6.07 Å². The van der Waals surface area contributed by atoms with E-state index in [9.17, 15) is 15.0 Å². The number of nitrogens with one attached hydrogen (secondary N) is 2. The Morgan fingerprint density at radius 3 is 2.41 bits per heavy atom. The number of rotatable bonds is 16. The molecule has 3 rings (SSSR count). The maximum absolute atomic E-state index is 12.6. The van der Waals surface area contributed by atoms with Crippen LogP contribution < -0.4 is 15.4 Å². The van der Waals surface area contributed by atoms with Crippen LogP contribution in [-0.4, -0.2) is 43.6 Å². The number of aliphatic hydroxyl groups is 1. The van der Waals surface area contributed by atoms with Gasteiger partial charge in [0.2, 0.25) is 5.91 Å². The van der Waals surface area contributed by atoms with Gasteiger partial charge in [0.15, 0.2) is 8.32 Å². The second-order valence-corrected chi connectivity index (χ2v) is 17.8. The number of para-hydroxylation sites is 1. The molecule has 1 amide bonds. The molecule has 0 bridgehead atoms. The third kappa shape index (κ3) is 10.5. The average Bonchev–Trinajstić information content (AvgIpc) is 2.98. The number of hydrogen-bond acceptors (Lipinski definition) is 6. The van der Waals surface area contributed by atoms with Crippen LogP contribution in [0.25, 0.3) is 0 Å². The lowest BCUT2D eigenvalue weighted by molar-refractivity contribution is -0.121. The maximum Gasteiger partial charge on any atom is 0.220 e. The second kappa shape index (κ2) is 16.2. The van der Waals surface area contributed by atoms with Crippen LogP contribution in [0.15, 0.2) is 66.7 Å². The van der Waals surface area contributed by atoms with Crippen LogP contribution in [0.3, 0.4) is 0 Å². The van der Waals surface area contributed by atoms with Crippen LogP contribution in [0.4, 0.5) is 0 Å². The highest BCUT2D eigenvalue weighted by atomic mass is 28.4. The Morgan fingerprint density at radius 2 is 1.70 bits per heavy atom. The van der Waals surface area contributed by atoms with Gasteiger partial charge < -0.3 is 30.0 Å². The molecule has 0 heterocycles. The van der Waals surface area contributed by atoms with Gasteiger partial charge in [-0.2, -0.15) is 0 Å². The summed E-state index contributed by atoms with van der Waals surface area (Å²) in [4.78, 5) is 12.6. The molecular formula is C36H52N2O5Si. The molecule has 0 aliphatic heterocycles. The van der Waals surface area contributed by atoms with E-state index in [1.807, 2.05) is 43.3 Å². The highest BCUT2D eigenvalue weighted by Crippen LogP contribution is 2.40. The fourth-order valence-electron chi connectivity index (χ4n) is 4.82. The summed E-state index contributed by atoms with van der Waals surface area (Å²) < 4.78 is 12.5. The molecule has 3 aromatic carbocycles. The van der Waals surface area contributed by atoms with Gasteiger partial charge in [-0.05, 0) is 79.7 Å². The number of carbonyl (C=O) groups is 1. The van der Waals surface area contributed by atoms with Gasteiger partial charge in [0, 0.05) is 36.7 Å². The number of benzene rings is 3. The van der Waals surface area contributed by atoms with Crippen LogP contribution in [0.5, 0.6) is 11.5 Å².